The Hall–Kier alpha value is -0.0800. The zero-order valence-corrected chi connectivity index (χ0v) is 9.67. The molecule has 0 aliphatic heterocycles. The fraction of sp³-hybridized carbons (Fsp3) is 1.00. The van der Waals surface area contributed by atoms with Gasteiger partial charge < -0.3 is 10.8 Å². The largest absolute Gasteiger partial charge is 0.395 e. The van der Waals surface area contributed by atoms with Crippen LogP contribution in [0.1, 0.15) is 58.3 Å². The molecule has 3 N–H and O–H groups in total. The first-order valence-corrected chi connectivity index (χ1v) is 6.12. The molecule has 0 heterocycles. The second kappa shape index (κ2) is 11.0. The summed E-state index contributed by atoms with van der Waals surface area (Å²) >= 11 is 0. The van der Waals surface area contributed by atoms with Crippen molar-refractivity contribution in [3.05, 3.63) is 0 Å². The lowest BCUT2D eigenvalue weighted by Gasteiger charge is -2.15. The second-order valence-corrected chi connectivity index (χ2v) is 4.32. The SMILES string of the molecule is C1CC1.CC1CCCCC1.NCCO. The van der Waals surface area contributed by atoms with Gasteiger partial charge in [0.15, 0.2) is 0 Å². The van der Waals surface area contributed by atoms with E-state index in [9.17, 15) is 0 Å². The van der Waals surface area contributed by atoms with Crippen LogP contribution in [0.5, 0.6) is 0 Å². The van der Waals surface area contributed by atoms with E-state index in [1.807, 2.05) is 0 Å². The van der Waals surface area contributed by atoms with Crippen LogP contribution in [-0.2, 0) is 0 Å². The minimum atomic E-state index is 0.0972. The Kier molecular flexibility index (Phi) is 10.9. The maximum atomic E-state index is 7.75. The number of rotatable bonds is 1. The summed E-state index contributed by atoms with van der Waals surface area (Å²) in [6.07, 6.45) is 11.9. The first kappa shape index (κ1) is 13.9. The number of hydrogen-bond donors (Lipinski definition) is 2. The van der Waals surface area contributed by atoms with Gasteiger partial charge in [0.25, 0.3) is 0 Å². The van der Waals surface area contributed by atoms with E-state index < -0.39 is 0 Å². The predicted molar refractivity (Wildman–Crippen MR) is 62.2 cm³/mol. The summed E-state index contributed by atoms with van der Waals surface area (Å²) in [4.78, 5) is 0. The molecule has 2 aliphatic rings. The van der Waals surface area contributed by atoms with Crippen LogP contribution in [0, 0.1) is 5.92 Å². The summed E-state index contributed by atoms with van der Waals surface area (Å²) in [7, 11) is 0. The average Bonchev–Trinajstić information content (AvgIpc) is 3.06. The fourth-order valence-electron chi connectivity index (χ4n) is 1.31. The lowest BCUT2D eigenvalue weighted by Crippen LogP contribution is -2.02. The molecule has 0 bridgehead atoms. The van der Waals surface area contributed by atoms with Crippen molar-refractivity contribution < 1.29 is 5.11 Å². The van der Waals surface area contributed by atoms with Crippen molar-refractivity contribution in [2.75, 3.05) is 13.2 Å². The molecule has 0 aromatic heterocycles. The van der Waals surface area contributed by atoms with E-state index in [1.54, 1.807) is 0 Å². The van der Waals surface area contributed by atoms with Gasteiger partial charge >= 0.3 is 0 Å². The molecule has 14 heavy (non-hydrogen) atoms. The van der Waals surface area contributed by atoms with Crippen molar-refractivity contribution in [3.8, 4) is 0 Å². The first-order valence-electron chi connectivity index (χ1n) is 6.12. The Balaban J connectivity index is 0.000000204. The van der Waals surface area contributed by atoms with Gasteiger partial charge in [0.1, 0.15) is 0 Å². The van der Waals surface area contributed by atoms with Crippen molar-refractivity contribution in [2.45, 2.75) is 58.3 Å². The molecule has 0 amide bonds. The van der Waals surface area contributed by atoms with Crippen molar-refractivity contribution in [3.63, 3.8) is 0 Å². The van der Waals surface area contributed by atoms with Crippen molar-refractivity contribution in [1.82, 2.24) is 0 Å². The number of hydrogen-bond acceptors (Lipinski definition) is 2. The van der Waals surface area contributed by atoms with E-state index in [2.05, 4.69) is 6.92 Å². The maximum absolute atomic E-state index is 7.75. The van der Waals surface area contributed by atoms with E-state index >= 15 is 0 Å². The van der Waals surface area contributed by atoms with E-state index in [4.69, 9.17) is 10.8 Å². The van der Waals surface area contributed by atoms with Gasteiger partial charge in [-0.1, -0.05) is 58.3 Å². The van der Waals surface area contributed by atoms with Crippen molar-refractivity contribution in [2.24, 2.45) is 11.7 Å². The van der Waals surface area contributed by atoms with Crippen molar-refractivity contribution in [1.29, 1.82) is 0 Å². The summed E-state index contributed by atoms with van der Waals surface area (Å²) in [5, 5.41) is 7.75. The lowest BCUT2D eigenvalue weighted by molar-refractivity contribution is 0.306. The molecule has 2 saturated carbocycles. The molecule has 0 saturated heterocycles. The van der Waals surface area contributed by atoms with Crippen LogP contribution in [0.3, 0.4) is 0 Å². The minimum Gasteiger partial charge on any atom is -0.395 e. The van der Waals surface area contributed by atoms with Gasteiger partial charge in [0, 0.05) is 6.54 Å². The molecule has 0 radical (unpaired) electrons. The van der Waals surface area contributed by atoms with Crippen LogP contribution < -0.4 is 5.73 Å². The van der Waals surface area contributed by atoms with Crippen LogP contribution in [0.15, 0.2) is 0 Å². The van der Waals surface area contributed by atoms with Gasteiger partial charge in [-0.25, -0.2) is 0 Å². The smallest absolute Gasteiger partial charge is 0.0553 e. The van der Waals surface area contributed by atoms with E-state index in [-0.39, 0.29) is 6.61 Å². The zero-order valence-electron chi connectivity index (χ0n) is 9.67. The van der Waals surface area contributed by atoms with Crippen LogP contribution in [0.25, 0.3) is 0 Å². The molecule has 0 atom stereocenters. The normalized spacial score (nSPS) is 19.9. The molecule has 2 nitrogen and oxygen atoms in total. The highest BCUT2D eigenvalue weighted by Crippen LogP contribution is 2.22. The molecule has 0 unspecified atom stereocenters. The zero-order chi connectivity index (χ0) is 10.6. The highest BCUT2D eigenvalue weighted by molar-refractivity contribution is 4.59. The molecule has 2 heteroatoms. The minimum absolute atomic E-state index is 0.0972. The monoisotopic (exact) mass is 201 g/mol. The molecular formula is C12H27NO. The lowest BCUT2D eigenvalue weighted by atomic mass is 9.91. The van der Waals surface area contributed by atoms with Gasteiger partial charge in [-0.3, -0.25) is 0 Å². The summed E-state index contributed by atoms with van der Waals surface area (Å²) in [6.45, 7) is 2.83. The van der Waals surface area contributed by atoms with Crippen LogP contribution >= 0.6 is 0 Å². The second-order valence-electron chi connectivity index (χ2n) is 4.32. The summed E-state index contributed by atoms with van der Waals surface area (Å²) in [5.41, 5.74) is 4.78. The van der Waals surface area contributed by atoms with E-state index in [0.717, 1.165) is 5.92 Å². The van der Waals surface area contributed by atoms with Crippen LogP contribution in [0.2, 0.25) is 0 Å². The summed E-state index contributed by atoms with van der Waals surface area (Å²) in [5.74, 6) is 1.04. The van der Waals surface area contributed by atoms with Gasteiger partial charge in [0.2, 0.25) is 0 Å². The van der Waals surface area contributed by atoms with Crippen LogP contribution in [-0.4, -0.2) is 18.3 Å². The Bertz CT molecular complexity index is 93.7. The Morgan fingerprint density at radius 1 is 1.00 bits per heavy atom. The van der Waals surface area contributed by atoms with Crippen molar-refractivity contribution >= 4 is 0 Å². The van der Waals surface area contributed by atoms with E-state index in [0.29, 0.717) is 6.54 Å². The molecule has 2 fully saturated rings. The predicted octanol–water partition coefficient (Wildman–Crippen LogP) is 2.69. The molecule has 0 aromatic rings. The summed E-state index contributed by atoms with van der Waals surface area (Å²) in [6, 6.07) is 0. The number of aliphatic hydroxyl groups excluding tert-OH is 1. The Labute approximate surface area is 88.9 Å². The molecule has 0 spiro atoms. The van der Waals surface area contributed by atoms with Gasteiger partial charge in [0.05, 0.1) is 6.61 Å². The topological polar surface area (TPSA) is 46.2 Å². The molecule has 2 rings (SSSR count). The average molecular weight is 201 g/mol. The number of aliphatic hydroxyl groups is 1. The first-order chi connectivity index (χ1) is 6.81. The van der Waals surface area contributed by atoms with Gasteiger partial charge in [-0.2, -0.15) is 0 Å². The summed E-state index contributed by atoms with van der Waals surface area (Å²) < 4.78 is 0. The molecule has 0 aromatic carbocycles. The standard InChI is InChI=1S/C7H14.C3H6.C2H7NO/c1-7-5-3-2-4-6-7;1-2-3-1;3-1-2-4/h7H,2-6H2,1H3;1-3H2;4H,1-3H2. The third-order valence-corrected chi connectivity index (χ3v) is 2.38. The Morgan fingerprint density at radius 3 is 1.50 bits per heavy atom. The number of nitrogens with two attached hydrogens (primary N) is 1. The molecule has 86 valence electrons. The van der Waals surface area contributed by atoms with E-state index in [1.165, 1.54) is 51.4 Å². The highest BCUT2D eigenvalue weighted by atomic mass is 16.3. The van der Waals surface area contributed by atoms with Crippen LogP contribution in [0.4, 0.5) is 0 Å². The Morgan fingerprint density at radius 2 is 1.36 bits per heavy atom. The van der Waals surface area contributed by atoms with Gasteiger partial charge in [-0.15, -0.1) is 0 Å². The fourth-order valence-corrected chi connectivity index (χ4v) is 1.31. The maximum Gasteiger partial charge on any atom is 0.0553 e. The van der Waals surface area contributed by atoms with Gasteiger partial charge in [-0.05, 0) is 5.92 Å². The molecule has 2 aliphatic carbocycles. The molecular weight excluding hydrogens is 174 g/mol. The quantitative estimate of drug-likeness (QED) is 0.685. The highest BCUT2D eigenvalue weighted by Gasteiger charge is 2.05. The third kappa shape index (κ3) is 14.4. The third-order valence-electron chi connectivity index (χ3n) is 2.38.